The lowest BCUT2D eigenvalue weighted by Gasteiger charge is -2.22. The summed E-state index contributed by atoms with van der Waals surface area (Å²) in [6.07, 6.45) is 2.79. The van der Waals surface area contributed by atoms with Gasteiger partial charge in [-0.15, -0.1) is 11.3 Å². The molecule has 1 N–H and O–H groups in total. The number of sulfonamides is 1. The van der Waals surface area contributed by atoms with Gasteiger partial charge in [0.25, 0.3) is 0 Å². The minimum Gasteiger partial charge on any atom is -0.465 e. The van der Waals surface area contributed by atoms with Crippen LogP contribution < -0.4 is 4.72 Å². The van der Waals surface area contributed by atoms with Gasteiger partial charge in [-0.3, -0.25) is 0 Å². The van der Waals surface area contributed by atoms with E-state index in [-0.39, 0.29) is 22.4 Å². The van der Waals surface area contributed by atoms with Gasteiger partial charge in [-0.25, -0.2) is 17.9 Å². The van der Waals surface area contributed by atoms with E-state index < -0.39 is 16.0 Å². The average molecular weight is 333 g/mol. The average Bonchev–Trinajstić information content (AvgIpc) is 2.88. The lowest BCUT2D eigenvalue weighted by Crippen LogP contribution is -2.36. The highest BCUT2D eigenvalue weighted by Crippen LogP contribution is 2.27. The standard InChI is InChI=1S/C13H19NO5S2/c1-9-8-20-11(13(15)18-2)12(9)21(16,17)14-7-10-5-3-4-6-19-10/h8,10,14H,3-7H2,1-2H3. The number of aryl methyl sites for hydroxylation is 1. The van der Waals surface area contributed by atoms with Gasteiger partial charge < -0.3 is 9.47 Å². The molecule has 1 aliphatic heterocycles. The predicted octanol–water partition coefficient (Wildman–Crippen LogP) is 1.69. The molecule has 1 fully saturated rings. The molecule has 0 aliphatic carbocycles. The molecule has 1 atom stereocenters. The highest BCUT2D eigenvalue weighted by Gasteiger charge is 2.28. The number of hydrogen-bond donors (Lipinski definition) is 1. The molecule has 2 rings (SSSR count). The minimum atomic E-state index is -3.75. The number of methoxy groups -OCH3 is 1. The van der Waals surface area contributed by atoms with Crippen LogP contribution in [-0.2, 0) is 19.5 Å². The number of rotatable bonds is 5. The number of hydrogen-bond acceptors (Lipinski definition) is 6. The van der Waals surface area contributed by atoms with E-state index in [0.29, 0.717) is 12.2 Å². The number of thiophene rings is 1. The molecule has 1 unspecified atom stereocenters. The fourth-order valence-corrected chi connectivity index (χ4v) is 5.01. The summed E-state index contributed by atoms with van der Waals surface area (Å²) >= 11 is 1.07. The Hall–Kier alpha value is -0.960. The van der Waals surface area contributed by atoms with Crippen molar-refractivity contribution in [1.82, 2.24) is 4.72 Å². The van der Waals surface area contributed by atoms with Gasteiger partial charge in [-0.2, -0.15) is 0 Å². The van der Waals surface area contributed by atoms with Crippen LogP contribution in [0, 0.1) is 6.92 Å². The van der Waals surface area contributed by atoms with Gasteiger partial charge in [0.1, 0.15) is 9.77 Å². The molecule has 0 bridgehead atoms. The van der Waals surface area contributed by atoms with Crippen LogP contribution in [0.1, 0.15) is 34.5 Å². The van der Waals surface area contributed by atoms with Crippen LogP contribution in [-0.4, -0.2) is 40.8 Å². The van der Waals surface area contributed by atoms with Crippen LogP contribution in [0.4, 0.5) is 0 Å². The fourth-order valence-electron chi connectivity index (χ4n) is 2.24. The van der Waals surface area contributed by atoms with Crippen molar-refractivity contribution in [3.63, 3.8) is 0 Å². The zero-order valence-electron chi connectivity index (χ0n) is 12.0. The first-order valence-corrected chi connectivity index (χ1v) is 9.09. The zero-order chi connectivity index (χ0) is 15.5. The summed E-state index contributed by atoms with van der Waals surface area (Å²) in [5.41, 5.74) is 0.539. The summed E-state index contributed by atoms with van der Waals surface area (Å²) in [6, 6.07) is 0. The molecule has 0 aromatic carbocycles. The van der Waals surface area contributed by atoms with Crippen molar-refractivity contribution in [3.05, 3.63) is 15.8 Å². The third-order valence-corrected chi connectivity index (χ3v) is 6.15. The number of esters is 1. The molecule has 21 heavy (non-hydrogen) atoms. The van der Waals surface area contributed by atoms with E-state index in [1.54, 1.807) is 12.3 Å². The lowest BCUT2D eigenvalue weighted by molar-refractivity contribution is 0.0200. The van der Waals surface area contributed by atoms with Crippen molar-refractivity contribution < 1.29 is 22.7 Å². The van der Waals surface area contributed by atoms with Gasteiger partial charge in [-0.05, 0) is 37.1 Å². The second-order valence-corrected chi connectivity index (χ2v) is 7.49. The molecule has 0 saturated carbocycles. The van der Waals surface area contributed by atoms with Crippen LogP contribution in [0.2, 0.25) is 0 Å². The molecule has 118 valence electrons. The molecule has 0 radical (unpaired) electrons. The highest BCUT2D eigenvalue weighted by molar-refractivity contribution is 7.89. The maximum Gasteiger partial charge on any atom is 0.349 e. The van der Waals surface area contributed by atoms with E-state index in [1.165, 1.54) is 7.11 Å². The Kier molecular flexibility index (Phi) is 5.37. The van der Waals surface area contributed by atoms with Gasteiger partial charge in [0.15, 0.2) is 0 Å². The van der Waals surface area contributed by atoms with Crippen LogP contribution >= 0.6 is 11.3 Å². The van der Waals surface area contributed by atoms with E-state index in [9.17, 15) is 13.2 Å². The molecule has 1 aromatic heterocycles. The zero-order valence-corrected chi connectivity index (χ0v) is 13.7. The number of nitrogens with one attached hydrogen (secondary N) is 1. The van der Waals surface area contributed by atoms with E-state index in [4.69, 9.17) is 4.74 Å². The van der Waals surface area contributed by atoms with Crippen LogP contribution in [0.3, 0.4) is 0 Å². The molecule has 1 aromatic rings. The molecule has 6 nitrogen and oxygen atoms in total. The Morgan fingerprint density at radius 3 is 2.90 bits per heavy atom. The maximum absolute atomic E-state index is 12.4. The summed E-state index contributed by atoms with van der Waals surface area (Å²) in [4.78, 5) is 11.8. The van der Waals surface area contributed by atoms with Gasteiger partial charge in [0.2, 0.25) is 10.0 Å². The van der Waals surface area contributed by atoms with Crippen molar-refractivity contribution in [3.8, 4) is 0 Å². The largest absolute Gasteiger partial charge is 0.465 e. The molecule has 0 amide bonds. The first kappa shape index (κ1) is 16.4. The summed E-state index contributed by atoms with van der Waals surface area (Å²) in [5.74, 6) is -0.637. The summed E-state index contributed by atoms with van der Waals surface area (Å²) < 4.78 is 37.5. The normalized spacial score (nSPS) is 19.4. The smallest absolute Gasteiger partial charge is 0.349 e. The Bertz CT molecular complexity index is 602. The summed E-state index contributed by atoms with van der Waals surface area (Å²) in [6.45, 7) is 2.55. The van der Waals surface area contributed by atoms with E-state index >= 15 is 0 Å². The third kappa shape index (κ3) is 3.82. The first-order valence-electron chi connectivity index (χ1n) is 6.73. The van der Waals surface area contributed by atoms with Gasteiger partial charge in [0.05, 0.1) is 13.2 Å². The number of carbonyl (C=O) groups is 1. The predicted molar refractivity (Wildman–Crippen MR) is 79.2 cm³/mol. The molecule has 1 aliphatic rings. The lowest BCUT2D eigenvalue weighted by atomic mass is 10.1. The maximum atomic E-state index is 12.4. The van der Waals surface area contributed by atoms with Crippen LogP contribution in [0.25, 0.3) is 0 Å². The second-order valence-electron chi connectivity index (χ2n) is 4.91. The SMILES string of the molecule is COC(=O)c1scc(C)c1S(=O)(=O)NCC1CCCCO1. The molecular formula is C13H19NO5S2. The Labute approximate surface area is 128 Å². The van der Waals surface area contributed by atoms with Crippen molar-refractivity contribution in [2.45, 2.75) is 37.2 Å². The van der Waals surface area contributed by atoms with E-state index in [0.717, 1.165) is 30.6 Å². The Morgan fingerprint density at radius 2 is 2.29 bits per heavy atom. The first-order chi connectivity index (χ1) is 9.95. The monoisotopic (exact) mass is 333 g/mol. The van der Waals surface area contributed by atoms with Crippen LogP contribution in [0.15, 0.2) is 10.3 Å². The van der Waals surface area contributed by atoms with Gasteiger partial charge in [0, 0.05) is 13.2 Å². The van der Waals surface area contributed by atoms with E-state index in [2.05, 4.69) is 9.46 Å². The highest BCUT2D eigenvalue weighted by atomic mass is 32.2. The van der Waals surface area contributed by atoms with Crippen molar-refractivity contribution in [2.75, 3.05) is 20.3 Å². The van der Waals surface area contributed by atoms with Gasteiger partial charge >= 0.3 is 5.97 Å². The molecule has 2 heterocycles. The second kappa shape index (κ2) is 6.87. The number of ether oxygens (including phenoxy) is 2. The summed E-state index contributed by atoms with van der Waals surface area (Å²) in [5, 5.41) is 1.64. The molecular weight excluding hydrogens is 314 g/mol. The molecule has 8 heteroatoms. The van der Waals surface area contributed by atoms with Crippen molar-refractivity contribution in [1.29, 1.82) is 0 Å². The quantitative estimate of drug-likeness (QED) is 0.829. The third-order valence-electron chi connectivity index (χ3n) is 3.33. The topological polar surface area (TPSA) is 81.7 Å². The molecule has 0 spiro atoms. The van der Waals surface area contributed by atoms with Gasteiger partial charge in [-0.1, -0.05) is 0 Å². The fraction of sp³-hybridized carbons (Fsp3) is 0.615. The minimum absolute atomic E-state index is 0.00941. The Balaban J connectivity index is 2.15. The number of carbonyl (C=O) groups excluding carboxylic acids is 1. The summed E-state index contributed by atoms with van der Waals surface area (Å²) in [7, 11) is -2.52. The van der Waals surface area contributed by atoms with Crippen molar-refractivity contribution >= 4 is 27.3 Å². The van der Waals surface area contributed by atoms with Crippen molar-refractivity contribution in [2.24, 2.45) is 0 Å². The van der Waals surface area contributed by atoms with E-state index in [1.807, 2.05) is 0 Å². The Morgan fingerprint density at radius 1 is 1.52 bits per heavy atom. The van der Waals surface area contributed by atoms with Crippen LogP contribution in [0.5, 0.6) is 0 Å². The molecule has 1 saturated heterocycles.